The van der Waals surface area contributed by atoms with Crippen molar-refractivity contribution in [2.45, 2.75) is 50.9 Å². The Morgan fingerprint density at radius 1 is 1.32 bits per heavy atom. The second-order valence-corrected chi connectivity index (χ2v) is 8.46. The maximum absolute atomic E-state index is 13.5. The largest absolute Gasteiger partial charge is 0.383 e. The molecule has 31 heavy (non-hydrogen) atoms. The Hall–Kier alpha value is -3.48. The minimum atomic E-state index is -0.251. The van der Waals surface area contributed by atoms with Gasteiger partial charge >= 0.3 is 0 Å². The lowest BCUT2D eigenvalue weighted by Gasteiger charge is -2.15. The van der Waals surface area contributed by atoms with Crippen LogP contribution in [0.3, 0.4) is 0 Å². The second kappa shape index (κ2) is 7.34. The number of anilines is 1. The lowest BCUT2D eigenvalue weighted by Crippen LogP contribution is -2.44. The van der Waals surface area contributed by atoms with Gasteiger partial charge < -0.3 is 15.6 Å². The Balaban J connectivity index is 1.69. The SMILES string of the molecule is CC1CC(NC(=O)c2c(C#Cc3cccnc3)n(C3(C)CC3)c3ncnc(N)c23)NN1. The summed E-state index contributed by atoms with van der Waals surface area (Å²) in [6.07, 6.45) is 7.37. The molecular formula is C22H24N8O. The minimum Gasteiger partial charge on any atom is -0.383 e. The maximum Gasteiger partial charge on any atom is 0.256 e. The maximum atomic E-state index is 13.5. The first-order valence-corrected chi connectivity index (χ1v) is 10.4. The predicted octanol–water partition coefficient (Wildman–Crippen LogP) is 1.26. The molecule has 1 aliphatic heterocycles. The smallest absolute Gasteiger partial charge is 0.256 e. The monoisotopic (exact) mass is 416 g/mol. The van der Waals surface area contributed by atoms with E-state index in [9.17, 15) is 4.79 Å². The highest BCUT2D eigenvalue weighted by molar-refractivity contribution is 6.12. The number of amides is 1. The van der Waals surface area contributed by atoms with Crippen molar-refractivity contribution in [3.8, 4) is 11.8 Å². The van der Waals surface area contributed by atoms with Crippen LogP contribution in [0.4, 0.5) is 5.82 Å². The third kappa shape index (κ3) is 3.50. The zero-order valence-corrected chi connectivity index (χ0v) is 17.4. The normalized spacial score (nSPS) is 21.5. The second-order valence-electron chi connectivity index (χ2n) is 8.46. The fraction of sp³-hybridized carbons (Fsp3) is 0.364. The van der Waals surface area contributed by atoms with Crippen molar-refractivity contribution >= 4 is 22.8 Å². The van der Waals surface area contributed by atoms with Crippen molar-refractivity contribution in [1.82, 2.24) is 35.7 Å². The lowest BCUT2D eigenvalue weighted by molar-refractivity contribution is 0.0933. The number of pyridine rings is 1. The Labute approximate surface area is 179 Å². The van der Waals surface area contributed by atoms with E-state index in [1.807, 2.05) is 12.1 Å². The van der Waals surface area contributed by atoms with Gasteiger partial charge in [0.2, 0.25) is 0 Å². The number of hydrogen-bond donors (Lipinski definition) is 4. The summed E-state index contributed by atoms with van der Waals surface area (Å²) in [5, 5.41) is 3.60. The molecule has 2 unspecified atom stereocenters. The highest BCUT2D eigenvalue weighted by Crippen LogP contribution is 2.47. The fourth-order valence-corrected chi connectivity index (χ4v) is 4.01. The number of rotatable bonds is 3. The Bertz CT molecular complexity index is 1220. The molecule has 3 aromatic rings. The number of aromatic nitrogens is 4. The summed E-state index contributed by atoms with van der Waals surface area (Å²) in [7, 11) is 0. The van der Waals surface area contributed by atoms with E-state index in [4.69, 9.17) is 5.73 Å². The van der Waals surface area contributed by atoms with Gasteiger partial charge in [0.05, 0.1) is 17.1 Å². The number of hydrazine groups is 1. The summed E-state index contributed by atoms with van der Waals surface area (Å²) in [4.78, 5) is 26.3. The highest BCUT2D eigenvalue weighted by atomic mass is 16.2. The van der Waals surface area contributed by atoms with Crippen LogP contribution in [0.25, 0.3) is 11.0 Å². The minimum absolute atomic E-state index is 0.155. The molecule has 5 rings (SSSR count). The number of fused-ring (bicyclic) bond motifs is 1. The van der Waals surface area contributed by atoms with Crippen LogP contribution in [0.2, 0.25) is 0 Å². The van der Waals surface area contributed by atoms with Crippen molar-refractivity contribution in [3.63, 3.8) is 0 Å². The zero-order chi connectivity index (χ0) is 21.6. The number of nitrogen functional groups attached to an aromatic ring is 1. The van der Waals surface area contributed by atoms with E-state index in [2.05, 4.69) is 61.4 Å². The molecule has 5 N–H and O–H groups in total. The molecule has 0 radical (unpaired) electrons. The topological polar surface area (TPSA) is 123 Å². The molecule has 0 spiro atoms. The van der Waals surface area contributed by atoms with Crippen LogP contribution in [-0.4, -0.2) is 37.6 Å². The molecule has 0 bridgehead atoms. The molecule has 158 valence electrons. The van der Waals surface area contributed by atoms with Gasteiger partial charge in [-0.25, -0.2) is 15.4 Å². The number of nitrogens with one attached hydrogen (secondary N) is 3. The summed E-state index contributed by atoms with van der Waals surface area (Å²) < 4.78 is 2.06. The number of nitrogens with zero attached hydrogens (tertiary/aromatic N) is 4. The van der Waals surface area contributed by atoms with Gasteiger partial charge in [0.1, 0.15) is 23.5 Å². The zero-order valence-electron chi connectivity index (χ0n) is 17.4. The van der Waals surface area contributed by atoms with Gasteiger partial charge in [0.15, 0.2) is 0 Å². The molecule has 1 saturated carbocycles. The third-order valence-corrected chi connectivity index (χ3v) is 5.90. The molecule has 4 heterocycles. The van der Waals surface area contributed by atoms with Crippen molar-refractivity contribution in [3.05, 3.63) is 47.7 Å². The Morgan fingerprint density at radius 3 is 2.84 bits per heavy atom. The molecule has 1 aliphatic carbocycles. The summed E-state index contributed by atoms with van der Waals surface area (Å²) in [6, 6.07) is 3.98. The first kappa shape index (κ1) is 19.5. The van der Waals surface area contributed by atoms with Crippen LogP contribution < -0.4 is 21.9 Å². The average molecular weight is 416 g/mol. The third-order valence-electron chi connectivity index (χ3n) is 5.90. The van der Waals surface area contributed by atoms with E-state index in [0.29, 0.717) is 22.3 Å². The quantitative estimate of drug-likeness (QED) is 0.474. The van der Waals surface area contributed by atoms with Gasteiger partial charge in [-0.1, -0.05) is 5.92 Å². The lowest BCUT2D eigenvalue weighted by atomic mass is 10.1. The van der Waals surface area contributed by atoms with Crippen LogP contribution in [-0.2, 0) is 5.54 Å². The number of nitrogens with two attached hydrogens (primary N) is 1. The first-order valence-electron chi connectivity index (χ1n) is 10.4. The van der Waals surface area contributed by atoms with Crippen molar-refractivity contribution in [2.75, 3.05) is 5.73 Å². The van der Waals surface area contributed by atoms with Crippen molar-refractivity contribution in [2.24, 2.45) is 0 Å². The van der Waals surface area contributed by atoms with Crippen LogP contribution in [0.15, 0.2) is 30.9 Å². The van der Waals surface area contributed by atoms with Gasteiger partial charge in [0, 0.05) is 29.5 Å². The standard InChI is InChI=1S/C22H24N8O/c1-13-10-16(29-28-13)27-21(31)17-15(6-5-14-4-3-9-24-11-14)30(22(2)7-8-22)20-18(17)19(23)25-12-26-20/h3-4,9,11-13,16,28-29H,7-8,10H2,1-2H3,(H,27,31)(H2,23,25,26). The van der Waals surface area contributed by atoms with Crippen LogP contribution in [0.5, 0.6) is 0 Å². The van der Waals surface area contributed by atoms with E-state index in [1.54, 1.807) is 12.4 Å². The average Bonchev–Trinajstić information content (AvgIpc) is 3.20. The summed E-state index contributed by atoms with van der Waals surface area (Å²) in [5.74, 6) is 6.40. The van der Waals surface area contributed by atoms with Gasteiger partial charge in [-0.15, -0.1) is 0 Å². The molecule has 9 nitrogen and oxygen atoms in total. The Kier molecular flexibility index (Phi) is 4.61. The molecule has 2 fully saturated rings. The molecule has 1 amide bonds. The van der Waals surface area contributed by atoms with E-state index in [-0.39, 0.29) is 29.5 Å². The van der Waals surface area contributed by atoms with Crippen molar-refractivity contribution in [1.29, 1.82) is 0 Å². The fourth-order valence-electron chi connectivity index (χ4n) is 4.01. The summed E-state index contributed by atoms with van der Waals surface area (Å²) >= 11 is 0. The van der Waals surface area contributed by atoms with Gasteiger partial charge in [-0.3, -0.25) is 15.2 Å². The molecule has 0 aromatic carbocycles. The molecule has 2 aliphatic rings. The van der Waals surface area contributed by atoms with Crippen molar-refractivity contribution < 1.29 is 4.79 Å². The van der Waals surface area contributed by atoms with Crippen LogP contribution in [0, 0.1) is 11.8 Å². The predicted molar refractivity (Wildman–Crippen MR) is 117 cm³/mol. The molecule has 2 atom stereocenters. The van der Waals surface area contributed by atoms with Gasteiger partial charge in [-0.2, -0.15) is 0 Å². The molecular weight excluding hydrogens is 392 g/mol. The van der Waals surface area contributed by atoms with E-state index in [1.165, 1.54) is 6.33 Å². The summed E-state index contributed by atoms with van der Waals surface area (Å²) in [6.45, 7) is 4.20. The first-order chi connectivity index (χ1) is 15.0. The molecule has 3 aromatic heterocycles. The summed E-state index contributed by atoms with van der Waals surface area (Å²) in [5.41, 5.74) is 14.7. The molecule has 1 saturated heterocycles. The number of carbonyl (C=O) groups excluding carboxylic acids is 1. The number of hydrogen-bond acceptors (Lipinski definition) is 7. The van der Waals surface area contributed by atoms with E-state index in [0.717, 1.165) is 24.8 Å². The van der Waals surface area contributed by atoms with Gasteiger partial charge in [0.25, 0.3) is 5.91 Å². The van der Waals surface area contributed by atoms with Gasteiger partial charge in [-0.05, 0) is 51.2 Å². The highest BCUT2D eigenvalue weighted by Gasteiger charge is 2.44. The van der Waals surface area contributed by atoms with E-state index < -0.39 is 0 Å². The van der Waals surface area contributed by atoms with Crippen LogP contribution in [0.1, 0.15) is 54.7 Å². The van der Waals surface area contributed by atoms with Crippen LogP contribution >= 0.6 is 0 Å². The number of carbonyl (C=O) groups is 1. The Morgan fingerprint density at radius 2 is 2.16 bits per heavy atom. The van der Waals surface area contributed by atoms with E-state index >= 15 is 0 Å². The molecule has 9 heteroatoms.